The standard InChI is InChI=1S/C18H22N6O3S2/c1-3-27-14(25)9-28-18-23-22-17(20)24(18)10(2)15(26)21-16-12(8-19)11-6-4-5-7-13(11)29-16/h10H,3-7,9H2,1-2H3,(H2,20,22)(H,21,26). The molecule has 0 spiro atoms. The highest BCUT2D eigenvalue weighted by atomic mass is 32.2. The predicted molar refractivity (Wildman–Crippen MR) is 111 cm³/mol. The number of rotatable bonds is 7. The van der Waals surface area contributed by atoms with Crippen LogP contribution in [0.4, 0.5) is 10.9 Å². The number of amides is 1. The number of ether oxygens (including phenoxy) is 1. The number of hydrogen-bond acceptors (Lipinski definition) is 9. The van der Waals surface area contributed by atoms with E-state index in [4.69, 9.17) is 10.5 Å². The molecule has 0 radical (unpaired) electrons. The Labute approximate surface area is 176 Å². The van der Waals surface area contributed by atoms with Crippen molar-refractivity contribution in [1.29, 1.82) is 5.26 Å². The number of carbonyl (C=O) groups is 2. The molecule has 2 aromatic heterocycles. The number of thiophene rings is 1. The fourth-order valence-electron chi connectivity index (χ4n) is 3.18. The minimum Gasteiger partial charge on any atom is -0.465 e. The minimum absolute atomic E-state index is 0.0382. The summed E-state index contributed by atoms with van der Waals surface area (Å²) in [6.45, 7) is 3.69. The van der Waals surface area contributed by atoms with E-state index in [9.17, 15) is 14.9 Å². The van der Waals surface area contributed by atoms with E-state index in [1.54, 1.807) is 13.8 Å². The molecule has 0 bridgehead atoms. The highest BCUT2D eigenvalue weighted by molar-refractivity contribution is 7.99. The van der Waals surface area contributed by atoms with Crippen LogP contribution in [0.3, 0.4) is 0 Å². The van der Waals surface area contributed by atoms with Crippen LogP contribution in [0.5, 0.6) is 0 Å². The van der Waals surface area contributed by atoms with Crippen molar-refractivity contribution in [2.45, 2.75) is 50.7 Å². The Morgan fingerprint density at radius 1 is 1.41 bits per heavy atom. The average Bonchev–Trinajstić information content (AvgIpc) is 3.25. The molecule has 1 amide bonds. The van der Waals surface area contributed by atoms with Crippen molar-refractivity contribution in [1.82, 2.24) is 14.8 Å². The number of aryl methyl sites for hydroxylation is 1. The highest BCUT2D eigenvalue weighted by Crippen LogP contribution is 2.38. The fourth-order valence-corrected chi connectivity index (χ4v) is 5.25. The molecule has 2 heterocycles. The number of nitrogens with one attached hydrogen (secondary N) is 1. The van der Waals surface area contributed by atoms with Gasteiger partial charge in [0.25, 0.3) is 0 Å². The Bertz CT molecular complexity index is 962. The maximum absolute atomic E-state index is 12.9. The summed E-state index contributed by atoms with van der Waals surface area (Å²) in [4.78, 5) is 25.7. The lowest BCUT2D eigenvalue weighted by Gasteiger charge is -2.16. The molecule has 3 rings (SSSR count). The molecule has 3 N–H and O–H groups in total. The first-order valence-corrected chi connectivity index (χ1v) is 11.1. The van der Waals surface area contributed by atoms with E-state index < -0.39 is 6.04 Å². The summed E-state index contributed by atoms with van der Waals surface area (Å²) in [7, 11) is 0. The maximum Gasteiger partial charge on any atom is 0.316 e. The molecule has 11 heteroatoms. The quantitative estimate of drug-likeness (QED) is 0.501. The summed E-state index contributed by atoms with van der Waals surface area (Å²) < 4.78 is 6.38. The second-order valence-electron chi connectivity index (χ2n) is 6.50. The number of esters is 1. The molecule has 29 heavy (non-hydrogen) atoms. The van der Waals surface area contributed by atoms with Gasteiger partial charge in [-0.05, 0) is 45.1 Å². The lowest BCUT2D eigenvalue weighted by molar-refractivity contribution is -0.139. The van der Waals surface area contributed by atoms with Gasteiger partial charge in [-0.3, -0.25) is 14.2 Å². The van der Waals surface area contributed by atoms with Crippen molar-refractivity contribution < 1.29 is 14.3 Å². The van der Waals surface area contributed by atoms with Crippen LogP contribution in [0.15, 0.2) is 5.16 Å². The van der Waals surface area contributed by atoms with E-state index >= 15 is 0 Å². The zero-order valence-corrected chi connectivity index (χ0v) is 17.9. The SMILES string of the molecule is CCOC(=O)CSc1nnc(N)n1C(C)C(=O)Nc1sc2c(c1C#N)CCCC2. The van der Waals surface area contributed by atoms with Gasteiger partial charge in [-0.2, -0.15) is 5.26 Å². The van der Waals surface area contributed by atoms with Crippen LogP contribution in [0.2, 0.25) is 0 Å². The lowest BCUT2D eigenvalue weighted by atomic mass is 9.96. The third-order valence-electron chi connectivity index (χ3n) is 4.60. The van der Waals surface area contributed by atoms with Gasteiger partial charge in [0.2, 0.25) is 11.9 Å². The average molecular weight is 435 g/mol. The van der Waals surface area contributed by atoms with Crippen LogP contribution in [0, 0.1) is 11.3 Å². The Hall–Kier alpha value is -2.58. The van der Waals surface area contributed by atoms with Gasteiger partial charge in [0, 0.05) is 4.88 Å². The van der Waals surface area contributed by atoms with Crippen molar-refractivity contribution in [2.24, 2.45) is 0 Å². The van der Waals surface area contributed by atoms with Crippen molar-refractivity contribution in [2.75, 3.05) is 23.4 Å². The Morgan fingerprint density at radius 3 is 2.90 bits per heavy atom. The van der Waals surface area contributed by atoms with Gasteiger partial charge in [-0.15, -0.1) is 21.5 Å². The number of hydrogen-bond donors (Lipinski definition) is 2. The number of aromatic nitrogens is 3. The van der Waals surface area contributed by atoms with Gasteiger partial charge in [0.05, 0.1) is 17.9 Å². The second-order valence-corrected chi connectivity index (χ2v) is 8.54. The number of nitrogens with two attached hydrogens (primary N) is 1. The van der Waals surface area contributed by atoms with E-state index in [2.05, 4.69) is 21.6 Å². The molecule has 0 fully saturated rings. The van der Waals surface area contributed by atoms with Crippen LogP contribution in [-0.4, -0.2) is 39.0 Å². The smallest absolute Gasteiger partial charge is 0.316 e. The molecule has 0 saturated carbocycles. The summed E-state index contributed by atoms with van der Waals surface area (Å²) >= 11 is 2.57. The number of nitrogen functional groups attached to an aromatic ring is 1. The van der Waals surface area contributed by atoms with Gasteiger partial charge in [0.15, 0.2) is 5.16 Å². The minimum atomic E-state index is -0.722. The molecule has 1 aliphatic rings. The molecular weight excluding hydrogens is 412 g/mol. The van der Waals surface area contributed by atoms with Crippen LogP contribution in [-0.2, 0) is 27.2 Å². The highest BCUT2D eigenvalue weighted by Gasteiger charge is 2.26. The van der Waals surface area contributed by atoms with Gasteiger partial charge in [-0.1, -0.05) is 11.8 Å². The van der Waals surface area contributed by atoms with Crippen molar-refractivity contribution in [3.05, 3.63) is 16.0 Å². The molecule has 0 aromatic carbocycles. The molecule has 2 aromatic rings. The fraction of sp³-hybridized carbons (Fsp3) is 0.500. The molecule has 1 aliphatic carbocycles. The number of nitriles is 1. The first-order chi connectivity index (χ1) is 14.0. The lowest BCUT2D eigenvalue weighted by Crippen LogP contribution is -2.25. The molecular formula is C18H22N6O3S2. The van der Waals surface area contributed by atoms with Gasteiger partial charge in [0.1, 0.15) is 17.1 Å². The van der Waals surface area contributed by atoms with E-state index in [1.807, 2.05) is 0 Å². The van der Waals surface area contributed by atoms with Crippen molar-refractivity contribution >= 4 is 45.9 Å². The Balaban J connectivity index is 1.76. The maximum atomic E-state index is 12.9. The molecule has 0 aliphatic heterocycles. The van der Waals surface area contributed by atoms with E-state index in [-0.39, 0.29) is 23.6 Å². The zero-order valence-electron chi connectivity index (χ0n) is 16.2. The molecule has 1 unspecified atom stereocenters. The molecule has 1 atom stereocenters. The Morgan fingerprint density at radius 2 is 2.17 bits per heavy atom. The summed E-state index contributed by atoms with van der Waals surface area (Å²) in [6, 6.07) is 1.51. The van der Waals surface area contributed by atoms with E-state index in [1.165, 1.54) is 20.8 Å². The third-order valence-corrected chi connectivity index (χ3v) is 6.73. The van der Waals surface area contributed by atoms with Gasteiger partial charge < -0.3 is 15.8 Å². The number of nitrogens with zero attached hydrogens (tertiary/aromatic N) is 4. The summed E-state index contributed by atoms with van der Waals surface area (Å²) in [5.74, 6) is -0.601. The van der Waals surface area contributed by atoms with E-state index in [0.29, 0.717) is 22.3 Å². The van der Waals surface area contributed by atoms with Crippen LogP contribution in [0.1, 0.15) is 48.7 Å². The molecule has 9 nitrogen and oxygen atoms in total. The number of carbonyl (C=O) groups excluding carboxylic acids is 2. The first-order valence-electron chi connectivity index (χ1n) is 9.30. The molecule has 0 saturated heterocycles. The number of fused-ring (bicyclic) bond motifs is 1. The van der Waals surface area contributed by atoms with Gasteiger partial charge >= 0.3 is 5.97 Å². The van der Waals surface area contributed by atoms with Crippen molar-refractivity contribution in [3.8, 4) is 6.07 Å². The largest absolute Gasteiger partial charge is 0.465 e. The van der Waals surface area contributed by atoms with Crippen molar-refractivity contribution in [3.63, 3.8) is 0 Å². The zero-order chi connectivity index (χ0) is 21.0. The predicted octanol–water partition coefficient (Wildman–Crippen LogP) is 2.53. The Kier molecular flexibility index (Phi) is 6.76. The van der Waals surface area contributed by atoms with E-state index in [0.717, 1.165) is 43.0 Å². The second kappa shape index (κ2) is 9.28. The monoisotopic (exact) mass is 434 g/mol. The normalized spacial score (nSPS) is 14.0. The summed E-state index contributed by atoms with van der Waals surface area (Å²) in [5, 5.41) is 21.1. The van der Waals surface area contributed by atoms with Crippen LogP contribution >= 0.6 is 23.1 Å². The van der Waals surface area contributed by atoms with Crippen LogP contribution in [0.25, 0.3) is 0 Å². The third kappa shape index (κ3) is 4.54. The number of thioether (sulfide) groups is 1. The summed E-state index contributed by atoms with van der Waals surface area (Å²) in [5.41, 5.74) is 7.52. The number of anilines is 2. The van der Waals surface area contributed by atoms with Gasteiger partial charge in [-0.25, -0.2) is 0 Å². The topological polar surface area (TPSA) is 136 Å². The first kappa shape index (κ1) is 21.1. The van der Waals surface area contributed by atoms with Crippen LogP contribution < -0.4 is 11.1 Å². The molecule has 154 valence electrons. The summed E-state index contributed by atoms with van der Waals surface area (Å²) in [6.07, 6.45) is 3.96.